The Labute approximate surface area is 122 Å². The molecule has 0 spiro atoms. The van der Waals surface area contributed by atoms with Crippen LogP contribution in [-0.4, -0.2) is 42.1 Å². The first-order valence-electron chi connectivity index (χ1n) is 6.63. The zero-order chi connectivity index (χ0) is 14.0. The van der Waals surface area contributed by atoms with Crippen molar-refractivity contribution in [2.24, 2.45) is 0 Å². The summed E-state index contributed by atoms with van der Waals surface area (Å²) in [6.45, 7) is 1.55. The normalized spacial score (nSPS) is 21.3. The van der Waals surface area contributed by atoms with Gasteiger partial charge in [-0.05, 0) is 17.9 Å². The van der Waals surface area contributed by atoms with Crippen LogP contribution in [0.4, 0.5) is 0 Å². The number of imidazole rings is 1. The van der Waals surface area contributed by atoms with E-state index in [1.54, 1.807) is 17.5 Å². The number of nitrogens with zero attached hydrogens (tertiary/aromatic N) is 2. The topological polar surface area (TPSA) is 64.0 Å². The van der Waals surface area contributed by atoms with Crippen LogP contribution >= 0.6 is 11.3 Å². The molecule has 1 atom stereocenters. The van der Waals surface area contributed by atoms with Crippen molar-refractivity contribution in [1.29, 1.82) is 0 Å². The second-order valence-electron chi connectivity index (χ2n) is 4.98. The van der Waals surface area contributed by atoms with Crippen LogP contribution in [0.15, 0.2) is 29.9 Å². The van der Waals surface area contributed by atoms with Gasteiger partial charge in [-0.25, -0.2) is 13.4 Å². The lowest BCUT2D eigenvalue weighted by atomic mass is 10.2. The molecule has 5 nitrogen and oxygen atoms in total. The molecule has 7 heteroatoms. The second kappa shape index (κ2) is 5.67. The molecule has 1 saturated heterocycles. The van der Waals surface area contributed by atoms with E-state index in [-0.39, 0.29) is 11.8 Å². The van der Waals surface area contributed by atoms with Gasteiger partial charge in [-0.3, -0.25) is 0 Å². The minimum absolute atomic E-state index is 0.105. The van der Waals surface area contributed by atoms with Gasteiger partial charge in [0, 0.05) is 31.5 Å². The SMILES string of the molecule is O=S1(=O)CCC(NCCn2ccnc2-c2cccs2)C1. The summed E-state index contributed by atoms with van der Waals surface area (Å²) in [5.74, 6) is 1.56. The van der Waals surface area contributed by atoms with E-state index in [1.165, 1.54) is 0 Å². The van der Waals surface area contributed by atoms with Gasteiger partial charge in [0.2, 0.25) is 0 Å². The molecule has 0 bridgehead atoms. The summed E-state index contributed by atoms with van der Waals surface area (Å²) in [5, 5.41) is 5.36. The number of nitrogens with one attached hydrogen (secondary N) is 1. The van der Waals surface area contributed by atoms with E-state index in [2.05, 4.69) is 20.9 Å². The van der Waals surface area contributed by atoms with Gasteiger partial charge in [0.25, 0.3) is 0 Å². The fourth-order valence-corrected chi connectivity index (χ4v) is 4.91. The van der Waals surface area contributed by atoms with Gasteiger partial charge in [-0.1, -0.05) is 6.07 Å². The molecule has 0 aromatic carbocycles. The zero-order valence-corrected chi connectivity index (χ0v) is 12.7. The maximum Gasteiger partial charge on any atom is 0.151 e. The van der Waals surface area contributed by atoms with E-state index in [4.69, 9.17) is 0 Å². The molecular formula is C13H17N3O2S2. The summed E-state index contributed by atoms with van der Waals surface area (Å²) in [5.41, 5.74) is 0. The Morgan fingerprint density at radius 1 is 1.50 bits per heavy atom. The molecule has 2 aromatic rings. The average molecular weight is 311 g/mol. The Kier molecular flexibility index (Phi) is 3.91. The van der Waals surface area contributed by atoms with Gasteiger partial charge in [0.15, 0.2) is 9.84 Å². The van der Waals surface area contributed by atoms with E-state index in [0.29, 0.717) is 5.75 Å². The van der Waals surface area contributed by atoms with E-state index >= 15 is 0 Å². The van der Waals surface area contributed by atoms with Crippen molar-refractivity contribution in [2.45, 2.75) is 19.0 Å². The highest BCUT2D eigenvalue weighted by Gasteiger charge is 2.27. The van der Waals surface area contributed by atoms with Gasteiger partial charge in [0.05, 0.1) is 16.4 Å². The fraction of sp³-hybridized carbons (Fsp3) is 0.462. The number of hydrogen-bond acceptors (Lipinski definition) is 5. The number of hydrogen-bond donors (Lipinski definition) is 1. The quantitative estimate of drug-likeness (QED) is 0.906. The van der Waals surface area contributed by atoms with Crippen molar-refractivity contribution < 1.29 is 8.42 Å². The lowest BCUT2D eigenvalue weighted by molar-refractivity contribution is 0.521. The molecule has 1 aliphatic rings. The summed E-state index contributed by atoms with van der Waals surface area (Å²) in [6, 6.07) is 4.18. The highest BCUT2D eigenvalue weighted by molar-refractivity contribution is 7.91. The van der Waals surface area contributed by atoms with Crippen molar-refractivity contribution >= 4 is 21.2 Å². The first kappa shape index (κ1) is 13.8. The van der Waals surface area contributed by atoms with Crippen LogP contribution < -0.4 is 5.32 Å². The van der Waals surface area contributed by atoms with Gasteiger partial charge in [-0.2, -0.15) is 0 Å². The first-order valence-corrected chi connectivity index (χ1v) is 9.33. The molecule has 0 aliphatic carbocycles. The van der Waals surface area contributed by atoms with E-state index in [1.807, 2.05) is 17.6 Å². The molecule has 0 amide bonds. The van der Waals surface area contributed by atoms with Gasteiger partial charge >= 0.3 is 0 Å². The lowest BCUT2D eigenvalue weighted by Gasteiger charge is -2.12. The molecule has 108 valence electrons. The smallest absolute Gasteiger partial charge is 0.151 e. The number of rotatable bonds is 5. The summed E-state index contributed by atoms with van der Waals surface area (Å²) < 4.78 is 24.9. The molecule has 2 aromatic heterocycles. The van der Waals surface area contributed by atoms with Crippen LogP contribution in [0.25, 0.3) is 10.7 Å². The molecule has 1 N–H and O–H groups in total. The van der Waals surface area contributed by atoms with Crippen LogP contribution in [0.2, 0.25) is 0 Å². The third-order valence-corrected chi connectivity index (χ3v) is 6.11. The van der Waals surface area contributed by atoms with Crippen LogP contribution in [0, 0.1) is 0 Å². The summed E-state index contributed by atoms with van der Waals surface area (Å²) >= 11 is 1.67. The summed E-state index contributed by atoms with van der Waals surface area (Å²) in [4.78, 5) is 5.53. The Morgan fingerprint density at radius 2 is 2.40 bits per heavy atom. The number of sulfone groups is 1. The van der Waals surface area contributed by atoms with E-state index in [0.717, 1.165) is 30.2 Å². The average Bonchev–Trinajstić information content (AvgIpc) is 3.09. The minimum Gasteiger partial charge on any atom is -0.329 e. The van der Waals surface area contributed by atoms with Crippen molar-refractivity contribution in [3.63, 3.8) is 0 Å². The van der Waals surface area contributed by atoms with Crippen LogP contribution in [0.1, 0.15) is 6.42 Å². The molecule has 3 rings (SSSR count). The summed E-state index contributed by atoms with van der Waals surface area (Å²) in [6.07, 6.45) is 4.49. The predicted molar refractivity (Wildman–Crippen MR) is 80.6 cm³/mol. The number of thiophene rings is 1. The number of aromatic nitrogens is 2. The van der Waals surface area contributed by atoms with Gasteiger partial charge in [0.1, 0.15) is 5.82 Å². The minimum atomic E-state index is -2.80. The standard InChI is InChI=1S/C13H17N3O2S2/c17-20(18)9-3-11(10-20)14-4-6-16-7-5-15-13(16)12-2-1-8-19-12/h1-2,5,7-8,11,14H,3-4,6,9-10H2. The lowest BCUT2D eigenvalue weighted by Crippen LogP contribution is -2.32. The molecular weight excluding hydrogens is 294 g/mol. The van der Waals surface area contributed by atoms with Gasteiger partial charge in [-0.15, -0.1) is 11.3 Å². The van der Waals surface area contributed by atoms with Gasteiger partial charge < -0.3 is 9.88 Å². The van der Waals surface area contributed by atoms with Crippen LogP contribution in [0.5, 0.6) is 0 Å². The first-order chi connectivity index (χ1) is 9.64. The van der Waals surface area contributed by atoms with Crippen molar-refractivity contribution in [1.82, 2.24) is 14.9 Å². The maximum absolute atomic E-state index is 11.4. The molecule has 1 fully saturated rings. The van der Waals surface area contributed by atoms with Crippen molar-refractivity contribution in [3.05, 3.63) is 29.9 Å². The molecule has 20 heavy (non-hydrogen) atoms. The Morgan fingerprint density at radius 3 is 3.10 bits per heavy atom. The Bertz CT molecular complexity index is 662. The maximum atomic E-state index is 11.4. The van der Waals surface area contributed by atoms with Crippen molar-refractivity contribution in [2.75, 3.05) is 18.1 Å². The molecule has 3 heterocycles. The third-order valence-electron chi connectivity index (χ3n) is 3.48. The Hall–Kier alpha value is -1.18. The highest BCUT2D eigenvalue weighted by atomic mass is 32.2. The predicted octanol–water partition coefficient (Wildman–Crippen LogP) is 1.39. The molecule has 0 radical (unpaired) electrons. The van der Waals surface area contributed by atoms with E-state index in [9.17, 15) is 8.42 Å². The molecule has 1 unspecified atom stereocenters. The second-order valence-corrected chi connectivity index (χ2v) is 8.15. The monoisotopic (exact) mass is 311 g/mol. The molecule has 1 aliphatic heterocycles. The third kappa shape index (κ3) is 3.11. The zero-order valence-electron chi connectivity index (χ0n) is 11.0. The molecule has 0 saturated carbocycles. The fourth-order valence-electron chi connectivity index (χ4n) is 2.47. The van der Waals surface area contributed by atoms with Crippen LogP contribution in [-0.2, 0) is 16.4 Å². The van der Waals surface area contributed by atoms with E-state index < -0.39 is 9.84 Å². The van der Waals surface area contributed by atoms with Crippen LogP contribution in [0.3, 0.4) is 0 Å². The largest absolute Gasteiger partial charge is 0.329 e. The Balaban J connectivity index is 1.56. The highest BCUT2D eigenvalue weighted by Crippen LogP contribution is 2.22. The summed E-state index contributed by atoms with van der Waals surface area (Å²) in [7, 11) is -2.80. The van der Waals surface area contributed by atoms with Crippen molar-refractivity contribution in [3.8, 4) is 10.7 Å².